The van der Waals surface area contributed by atoms with Crippen molar-refractivity contribution >= 4 is 56.7 Å². The Balaban J connectivity index is 0.909. The van der Waals surface area contributed by atoms with E-state index >= 15 is 0 Å². The third kappa shape index (κ3) is 5.43. The van der Waals surface area contributed by atoms with Gasteiger partial charge in [0.1, 0.15) is 11.5 Å². The van der Waals surface area contributed by atoms with Gasteiger partial charge in [0.05, 0.1) is 0 Å². The Bertz CT molecular complexity index is 2820. The molecule has 12 fully saturated rings. The molecule has 3 heteroatoms. The molecule has 0 saturated heterocycles. The quantitative estimate of drug-likeness (QED) is 0.120. The number of hydrogen-bond acceptors (Lipinski definition) is 1. The number of hydrogen-bond donors (Lipinski definition) is 0. The van der Waals surface area contributed by atoms with Gasteiger partial charge < -0.3 is 4.74 Å². The summed E-state index contributed by atoms with van der Waals surface area (Å²) in [7, 11) is 0. The minimum atomic E-state index is 0.487. The highest BCUT2D eigenvalue weighted by Crippen LogP contribution is 2.72. The van der Waals surface area contributed by atoms with Crippen LogP contribution in [0.15, 0.2) is 72.8 Å². The van der Waals surface area contributed by atoms with Gasteiger partial charge in [-0.15, -0.1) is 0 Å². The topological polar surface area (TPSA) is 9.23 Å². The number of fused-ring (bicyclic) bond motifs is 14. The largest absolute Gasteiger partial charge is 0.456 e. The van der Waals surface area contributed by atoms with Crippen LogP contribution in [0.2, 0.25) is 23.3 Å². The van der Waals surface area contributed by atoms with E-state index in [1.165, 1.54) is 94.8 Å². The normalized spacial score (nSPS) is 40.4. The molecule has 0 N–H and O–H groups in total. The molecule has 8 bridgehead atoms. The predicted octanol–water partition coefficient (Wildman–Crippen LogP) is 16.6. The molecule has 5 aromatic carbocycles. The van der Waals surface area contributed by atoms with E-state index < -0.39 is 0 Å². The lowest BCUT2D eigenvalue weighted by Gasteiger charge is -2.66. The summed E-state index contributed by atoms with van der Waals surface area (Å²) < 4.78 is 7.30. The van der Waals surface area contributed by atoms with Gasteiger partial charge in [0, 0.05) is 10.9 Å². The highest BCUT2D eigenvalue weighted by atomic mass is 16.5. The van der Waals surface area contributed by atoms with Crippen molar-refractivity contribution in [3.05, 3.63) is 72.8 Å². The van der Waals surface area contributed by atoms with Gasteiger partial charge in [-0.3, -0.25) is 0 Å². The molecule has 0 aromatic heterocycles. The standard InChI is InChI=1S/C64H80B2O/c1-33-49-22-37(61(49,5)6)26-53(33)65(54-27-38-23-50(34(54)2)62(38,7)8)41-20-21-44-48-31-46-42-16-13-14-17-43(42)57(32-47(46)45-18-15-19-58(60(45)48)67-59(44)30-41)66(55-28-39-24-51(35(55)3)63(39,9)10)56-29-40-25-52(36(56)4)64(40,11)12/h13-21,30-40,49-56H,22-29H2,1-12H3. The zero-order valence-electron chi connectivity index (χ0n) is 43.4. The van der Waals surface area contributed by atoms with Crippen molar-refractivity contribution in [3.63, 3.8) is 0 Å². The van der Waals surface area contributed by atoms with Crippen molar-refractivity contribution in [2.24, 2.45) is 92.7 Å². The third-order valence-corrected chi connectivity index (χ3v) is 25.7. The average molecular weight is 887 g/mol. The summed E-state index contributed by atoms with van der Waals surface area (Å²) in [6.07, 6.45) is 11.4. The molecule has 67 heavy (non-hydrogen) atoms. The Labute approximate surface area is 405 Å². The number of benzene rings is 5. The molecular formula is C64H80B2O. The number of ether oxygens (including phenoxy) is 1. The van der Waals surface area contributed by atoms with Crippen LogP contribution in [0, 0.1) is 92.7 Å². The molecule has 348 valence electrons. The molecule has 1 aliphatic heterocycles. The molecule has 12 saturated carbocycles. The van der Waals surface area contributed by atoms with Gasteiger partial charge in [0.2, 0.25) is 0 Å². The molecule has 0 amide bonds. The van der Waals surface area contributed by atoms with Gasteiger partial charge in [0.25, 0.3) is 0 Å². The van der Waals surface area contributed by atoms with Crippen LogP contribution in [-0.4, -0.2) is 13.4 Å². The maximum Gasteiger partial charge on any atom is 0.183 e. The Morgan fingerprint density at radius 2 is 0.851 bits per heavy atom. The minimum absolute atomic E-state index is 0.487. The number of rotatable bonds is 6. The lowest BCUT2D eigenvalue weighted by atomic mass is 9.19. The summed E-state index contributed by atoms with van der Waals surface area (Å²) >= 11 is 0. The van der Waals surface area contributed by atoms with E-state index in [-0.39, 0.29) is 0 Å². The van der Waals surface area contributed by atoms with Crippen molar-refractivity contribution < 1.29 is 4.74 Å². The second kappa shape index (κ2) is 13.8. The van der Waals surface area contributed by atoms with Crippen LogP contribution in [0.4, 0.5) is 0 Å². The first-order valence-corrected chi connectivity index (χ1v) is 28.1. The van der Waals surface area contributed by atoms with Crippen LogP contribution >= 0.6 is 0 Å². The average Bonchev–Trinajstić information content (AvgIpc) is 3.30. The second-order valence-electron chi connectivity index (χ2n) is 28.6. The minimum Gasteiger partial charge on any atom is -0.456 e. The van der Waals surface area contributed by atoms with E-state index in [2.05, 4.69) is 156 Å². The van der Waals surface area contributed by atoms with Gasteiger partial charge >= 0.3 is 0 Å². The van der Waals surface area contributed by atoms with Crippen LogP contribution in [0.25, 0.3) is 43.4 Å². The van der Waals surface area contributed by atoms with E-state index in [1.54, 1.807) is 10.9 Å². The van der Waals surface area contributed by atoms with E-state index in [0.717, 1.165) is 106 Å². The van der Waals surface area contributed by atoms with Crippen LogP contribution < -0.4 is 15.7 Å². The van der Waals surface area contributed by atoms with E-state index in [0.29, 0.717) is 35.1 Å². The summed E-state index contributed by atoms with van der Waals surface area (Å²) in [5.41, 5.74) is 7.86. The summed E-state index contributed by atoms with van der Waals surface area (Å²) in [5, 5.41) is 8.53. The first-order valence-electron chi connectivity index (χ1n) is 28.1. The Kier molecular flexibility index (Phi) is 8.80. The van der Waals surface area contributed by atoms with E-state index in [1.807, 2.05) is 0 Å². The first-order chi connectivity index (χ1) is 31.9. The summed E-state index contributed by atoms with van der Waals surface area (Å²) in [5.74, 6) is 15.0. The maximum atomic E-state index is 7.30. The molecule has 0 spiro atoms. The molecule has 18 rings (SSSR count). The van der Waals surface area contributed by atoms with E-state index in [9.17, 15) is 0 Å². The fourth-order valence-electron chi connectivity index (χ4n) is 21.0. The SMILES string of the molecule is CC1C(B(c2ccc3c(c2)Oc2cccc4c2c-3cc2c3ccccc3c(B(C3CC5CC(C3C)C5(C)C)C3CC5CC(C3C)C5(C)C)cc42)C2CC3CC(C2C)C3(C)C)CC2CC1C2(C)C. The van der Waals surface area contributed by atoms with Crippen LogP contribution in [0.1, 0.15) is 134 Å². The van der Waals surface area contributed by atoms with Crippen molar-refractivity contribution in [1.29, 1.82) is 0 Å². The van der Waals surface area contributed by atoms with Gasteiger partial charge in [-0.25, -0.2) is 0 Å². The fourth-order valence-corrected chi connectivity index (χ4v) is 21.0. The van der Waals surface area contributed by atoms with Crippen LogP contribution in [-0.2, 0) is 0 Å². The predicted molar refractivity (Wildman–Crippen MR) is 287 cm³/mol. The molecule has 12 aliphatic carbocycles. The van der Waals surface area contributed by atoms with Crippen molar-refractivity contribution in [2.75, 3.05) is 0 Å². The van der Waals surface area contributed by atoms with E-state index in [4.69, 9.17) is 4.74 Å². The van der Waals surface area contributed by atoms with Gasteiger partial charge in [-0.05, 0) is 169 Å². The summed E-state index contributed by atoms with van der Waals surface area (Å²) in [4.78, 5) is 0. The maximum absolute atomic E-state index is 7.30. The zero-order valence-corrected chi connectivity index (χ0v) is 43.4. The molecular weight excluding hydrogens is 806 g/mol. The Morgan fingerprint density at radius 1 is 0.403 bits per heavy atom. The summed E-state index contributed by atoms with van der Waals surface area (Å²) in [6.45, 7) is 32.6. The highest BCUT2D eigenvalue weighted by molar-refractivity contribution is 6.79. The Hall–Kier alpha value is -3.19. The van der Waals surface area contributed by atoms with Gasteiger partial charge in [-0.2, -0.15) is 0 Å². The second-order valence-corrected chi connectivity index (χ2v) is 28.6. The molecule has 0 radical (unpaired) electrons. The first kappa shape index (κ1) is 42.7. The zero-order chi connectivity index (χ0) is 46.2. The van der Waals surface area contributed by atoms with Crippen LogP contribution in [0.3, 0.4) is 0 Å². The fraction of sp³-hybridized carbons (Fsp3) is 0.625. The Morgan fingerprint density at radius 3 is 1.33 bits per heavy atom. The third-order valence-electron chi connectivity index (χ3n) is 25.7. The van der Waals surface area contributed by atoms with Gasteiger partial charge in [0.15, 0.2) is 13.4 Å². The van der Waals surface area contributed by atoms with Gasteiger partial charge in [-0.1, -0.05) is 198 Å². The molecule has 13 aliphatic rings. The van der Waals surface area contributed by atoms with Crippen molar-refractivity contribution in [1.82, 2.24) is 0 Å². The monoisotopic (exact) mass is 887 g/mol. The molecule has 16 unspecified atom stereocenters. The summed E-state index contributed by atoms with van der Waals surface area (Å²) in [6, 6.07) is 29.8. The van der Waals surface area contributed by atoms with Crippen molar-refractivity contribution in [3.8, 4) is 22.6 Å². The molecule has 5 aromatic rings. The van der Waals surface area contributed by atoms with Crippen LogP contribution in [0.5, 0.6) is 11.5 Å². The molecule has 1 nitrogen and oxygen atoms in total. The highest BCUT2D eigenvalue weighted by Gasteiger charge is 2.65. The smallest absolute Gasteiger partial charge is 0.183 e. The van der Waals surface area contributed by atoms with Crippen molar-refractivity contribution in [2.45, 2.75) is 158 Å². The lowest BCUT2D eigenvalue weighted by molar-refractivity contribution is -0.107. The molecule has 16 atom stereocenters. The lowest BCUT2D eigenvalue weighted by Crippen LogP contribution is -2.62. The molecule has 1 heterocycles.